The van der Waals surface area contributed by atoms with Gasteiger partial charge in [0.2, 0.25) is 0 Å². The van der Waals surface area contributed by atoms with Gasteiger partial charge in [-0.1, -0.05) is 26.3 Å². The van der Waals surface area contributed by atoms with Crippen LogP contribution in [0.15, 0.2) is 11.8 Å². The minimum absolute atomic E-state index is 0.105. The molecule has 19 heavy (non-hydrogen) atoms. The Bertz CT molecular complexity index is 575. The molecular formula is C15H20N2O2. The maximum Gasteiger partial charge on any atom is 0.170 e. The first-order valence-electron chi connectivity index (χ1n) is 6.76. The van der Waals surface area contributed by atoms with E-state index in [-0.39, 0.29) is 17.3 Å². The molecule has 1 unspecified atom stereocenters. The summed E-state index contributed by atoms with van der Waals surface area (Å²) < 4.78 is 7.81. The zero-order valence-electron chi connectivity index (χ0n) is 12.0. The van der Waals surface area contributed by atoms with Crippen molar-refractivity contribution in [3.05, 3.63) is 23.0 Å². The fourth-order valence-corrected chi connectivity index (χ4v) is 2.95. The van der Waals surface area contributed by atoms with Crippen LogP contribution in [-0.4, -0.2) is 28.3 Å². The fraction of sp³-hybridized carbons (Fsp3) is 0.600. The van der Waals surface area contributed by atoms with E-state index in [9.17, 15) is 4.79 Å². The first kappa shape index (κ1) is 12.6. The second kappa shape index (κ2) is 4.04. The molecule has 2 heterocycles. The van der Waals surface area contributed by atoms with Crippen LogP contribution in [0.3, 0.4) is 0 Å². The van der Waals surface area contributed by atoms with Crippen molar-refractivity contribution in [2.75, 3.05) is 6.61 Å². The Kier molecular flexibility index (Phi) is 2.68. The summed E-state index contributed by atoms with van der Waals surface area (Å²) in [6.07, 6.45) is 3.25. The zero-order valence-corrected chi connectivity index (χ0v) is 12.0. The number of hydrogen-bond donors (Lipinski definition) is 0. The van der Waals surface area contributed by atoms with Gasteiger partial charge in [0.15, 0.2) is 5.78 Å². The highest BCUT2D eigenvalue weighted by atomic mass is 16.5. The number of fused-ring (bicyclic) bond motifs is 2. The molecule has 102 valence electrons. The van der Waals surface area contributed by atoms with Crippen LogP contribution < -0.4 is 0 Å². The van der Waals surface area contributed by atoms with Crippen molar-refractivity contribution in [1.82, 2.24) is 9.78 Å². The van der Waals surface area contributed by atoms with Gasteiger partial charge >= 0.3 is 0 Å². The van der Waals surface area contributed by atoms with Crippen molar-refractivity contribution in [2.24, 2.45) is 12.5 Å². The molecule has 1 aromatic rings. The van der Waals surface area contributed by atoms with Crippen molar-refractivity contribution in [3.63, 3.8) is 0 Å². The van der Waals surface area contributed by atoms with E-state index in [2.05, 4.69) is 25.9 Å². The molecule has 3 rings (SSSR count). The van der Waals surface area contributed by atoms with Gasteiger partial charge in [-0.15, -0.1) is 0 Å². The highest BCUT2D eigenvalue weighted by molar-refractivity contribution is 6.05. The maximum atomic E-state index is 12.2. The van der Waals surface area contributed by atoms with Crippen LogP contribution in [-0.2, 0) is 11.8 Å². The number of ether oxygens (including phenoxy) is 1. The number of hydrogen-bond acceptors (Lipinski definition) is 3. The third-order valence-electron chi connectivity index (χ3n) is 4.15. The minimum atomic E-state index is 0.105. The average molecular weight is 260 g/mol. The summed E-state index contributed by atoms with van der Waals surface area (Å²) in [5.41, 5.74) is 4.23. The summed E-state index contributed by atoms with van der Waals surface area (Å²) in [6, 6.07) is 0. The van der Waals surface area contributed by atoms with E-state index in [1.807, 2.05) is 7.05 Å². The van der Waals surface area contributed by atoms with Crippen molar-refractivity contribution >= 4 is 11.4 Å². The van der Waals surface area contributed by atoms with Gasteiger partial charge in [0.1, 0.15) is 0 Å². The molecule has 0 spiro atoms. The third kappa shape index (κ3) is 1.94. The minimum Gasteiger partial charge on any atom is -0.373 e. The van der Waals surface area contributed by atoms with Gasteiger partial charge < -0.3 is 4.74 Å². The number of ketones is 1. The number of Topliss-reactive ketones (excluding diaryl/α,β-unsaturated/α-hetero) is 1. The monoisotopic (exact) mass is 260 g/mol. The Balaban J connectivity index is 2.03. The molecule has 4 nitrogen and oxygen atoms in total. The van der Waals surface area contributed by atoms with Gasteiger partial charge in [-0.2, -0.15) is 5.10 Å². The lowest BCUT2D eigenvalue weighted by Crippen LogP contribution is -2.35. The molecule has 1 aromatic heterocycles. The summed E-state index contributed by atoms with van der Waals surface area (Å²) >= 11 is 0. The largest absolute Gasteiger partial charge is 0.373 e. The lowest BCUT2D eigenvalue weighted by Gasteiger charge is -2.37. The molecule has 0 fully saturated rings. The Labute approximate surface area is 113 Å². The first-order valence-corrected chi connectivity index (χ1v) is 6.76. The van der Waals surface area contributed by atoms with Gasteiger partial charge in [0.05, 0.1) is 30.2 Å². The summed E-state index contributed by atoms with van der Waals surface area (Å²) in [4.78, 5) is 12.2. The normalized spacial score (nSPS) is 23.4. The number of rotatable bonds is 0. The highest BCUT2D eigenvalue weighted by Crippen LogP contribution is 2.40. The maximum absolute atomic E-state index is 12.2. The molecule has 1 atom stereocenters. The van der Waals surface area contributed by atoms with Crippen LogP contribution >= 0.6 is 0 Å². The molecule has 0 saturated carbocycles. The molecule has 0 bridgehead atoms. The molecule has 0 saturated heterocycles. The lowest BCUT2D eigenvalue weighted by atomic mass is 9.78. The van der Waals surface area contributed by atoms with Crippen molar-refractivity contribution in [1.29, 1.82) is 0 Å². The van der Waals surface area contributed by atoms with Crippen molar-refractivity contribution in [3.8, 4) is 0 Å². The predicted octanol–water partition coefficient (Wildman–Crippen LogP) is 2.60. The topological polar surface area (TPSA) is 44.1 Å². The molecular weight excluding hydrogens is 240 g/mol. The first-order chi connectivity index (χ1) is 8.88. The van der Waals surface area contributed by atoms with E-state index in [4.69, 9.17) is 4.74 Å². The van der Waals surface area contributed by atoms with Crippen molar-refractivity contribution < 1.29 is 9.53 Å². The molecule has 0 amide bonds. The summed E-state index contributed by atoms with van der Waals surface area (Å²) in [6.45, 7) is 7.15. The summed E-state index contributed by atoms with van der Waals surface area (Å²) in [5.74, 6) is 0.191. The number of aryl methyl sites for hydroxylation is 1. The average Bonchev–Trinajstić information content (AvgIpc) is 2.71. The van der Waals surface area contributed by atoms with Gasteiger partial charge in [0.25, 0.3) is 0 Å². The van der Waals surface area contributed by atoms with Crippen LogP contribution in [0.2, 0.25) is 0 Å². The Morgan fingerprint density at radius 2 is 2.16 bits per heavy atom. The summed E-state index contributed by atoms with van der Waals surface area (Å²) in [5, 5.41) is 4.21. The number of carbonyl (C=O) groups excluding carboxylic acids is 1. The fourth-order valence-electron chi connectivity index (χ4n) is 2.95. The van der Waals surface area contributed by atoms with Gasteiger partial charge in [0, 0.05) is 19.0 Å². The van der Waals surface area contributed by atoms with Gasteiger partial charge in [-0.3, -0.25) is 9.48 Å². The lowest BCUT2D eigenvalue weighted by molar-refractivity contribution is -0.00766. The Morgan fingerprint density at radius 3 is 2.84 bits per heavy atom. The molecule has 0 N–H and O–H groups in total. The van der Waals surface area contributed by atoms with Crippen LogP contribution in [0.1, 0.15) is 49.7 Å². The van der Waals surface area contributed by atoms with Crippen LogP contribution in [0.25, 0.3) is 5.57 Å². The van der Waals surface area contributed by atoms with Crippen LogP contribution in [0.4, 0.5) is 0 Å². The number of carbonyl (C=O) groups is 1. The second-order valence-corrected chi connectivity index (χ2v) is 6.58. The highest BCUT2D eigenvalue weighted by Gasteiger charge is 2.36. The number of aromatic nitrogens is 2. The van der Waals surface area contributed by atoms with Gasteiger partial charge in [-0.05, 0) is 11.8 Å². The number of nitrogens with zero attached hydrogens (tertiary/aromatic N) is 2. The third-order valence-corrected chi connectivity index (χ3v) is 4.15. The molecule has 4 heteroatoms. The second-order valence-electron chi connectivity index (χ2n) is 6.58. The van der Waals surface area contributed by atoms with E-state index in [0.717, 1.165) is 17.7 Å². The summed E-state index contributed by atoms with van der Waals surface area (Å²) in [7, 11) is 1.89. The SMILES string of the molecule is Cn1ncc2c1C1=C(CC2=O)CC(C(C)(C)C)OC1. The zero-order chi connectivity index (χ0) is 13.8. The smallest absolute Gasteiger partial charge is 0.170 e. The van der Waals surface area contributed by atoms with Crippen molar-refractivity contribution in [2.45, 2.75) is 39.7 Å². The van der Waals surface area contributed by atoms with E-state index < -0.39 is 0 Å². The standard InChI is InChI=1S/C15H20N2O2/c1-15(2,3)13-6-9-5-12(18)10-7-16-17(4)14(10)11(9)8-19-13/h7,13H,5-6,8H2,1-4H3. The van der Waals surface area contributed by atoms with E-state index in [1.54, 1.807) is 10.9 Å². The predicted molar refractivity (Wildman–Crippen MR) is 72.9 cm³/mol. The quantitative estimate of drug-likeness (QED) is 0.720. The molecule has 0 radical (unpaired) electrons. The molecule has 1 aliphatic heterocycles. The molecule has 2 aliphatic rings. The van der Waals surface area contributed by atoms with E-state index in [1.165, 1.54) is 11.1 Å². The molecule has 0 aromatic carbocycles. The van der Waals surface area contributed by atoms with Crippen LogP contribution in [0, 0.1) is 5.41 Å². The Morgan fingerprint density at radius 1 is 1.42 bits per heavy atom. The van der Waals surface area contributed by atoms with Crippen LogP contribution in [0.5, 0.6) is 0 Å². The van der Waals surface area contributed by atoms with E-state index in [0.29, 0.717) is 13.0 Å². The van der Waals surface area contributed by atoms with Gasteiger partial charge in [-0.25, -0.2) is 0 Å². The van der Waals surface area contributed by atoms with E-state index >= 15 is 0 Å². The Hall–Kier alpha value is -1.42. The molecule has 1 aliphatic carbocycles.